The van der Waals surface area contributed by atoms with Gasteiger partial charge in [0.25, 0.3) is 0 Å². The Morgan fingerprint density at radius 2 is 2.00 bits per heavy atom. The zero-order chi connectivity index (χ0) is 15.0. The van der Waals surface area contributed by atoms with E-state index in [4.69, 9.17) is 5.11 Å². The van der Waals surface area contributed by atoms with E-state index < -0.39 is 5.97 Å². The van der Waals surface area contributed by atoms with Gasteiger partial charge in [-0.3, -0.25) is 9.69 Å². The van der Waals surface area contributed by atoms with Crippen LogP contribution in [0.2, 0.25) is 0 Å². The zero-order valence-corrected chi connectivity index (χ0v) is 13.4. The van der Waals surface area contributed by atoms with E-state index >= 15 is 0 Å². The van der Waals surface area contributed by atoms with E-state index in [0.29, 0.717) is 18.6 Å². The van der Waals surface area contributed by atoms with E-state index in [2.05, 4.69) is 20.8 Å². The Kier molecular flexibility index (Phi) is 4.31. The molecule has 1 N–H and O–H groups in total. The molecule has 0 amide bonds. The van der Waals surface area contributed by atoms with Crippen LogP contribution in [0, 0.1) is 11.7 Å². The second kappa shape index (κ2) is 6.05. The minimum Gasteiger partial charge on any atom is -0.481 e. The normalized spacial score (nSPS) is 28.8. The van der Waals surface area contributed by atoms with E-state index in [1.807, 2.05) is 6.07 Å². The number of carbonyl (C=O) groups is 1. The van der Waals surface area contributed by atoms with Gasteiger partial charge in [0.15, 0.2) is 0 Å². The molecule has 2 aliphatic rings. The number of carboxylic acids is 1. The SMILES string of the molecule is O=C(O)CC1CC2CCC(C1)N2Cc1cc(Br)ccc1F. The Labute approximate surface area is 132 Å². The summed E-state index contributed by atoms with van der Waals surface area (Å²) >= 11 is 3.39. The highest BCUT2D eigenvalue weighted by molar-refractivity contribution is 9.10. The fourth-order valence-corrected chi connectivity index (χ4v) is 4.33. The zero-order valence-electron chi connectivity index (χ0n) is 11.8. The lowest BCUT2D eigenvalue weighted by atomic mass is 9.88. The van der Waals surface area contributed by atoms with Crippen LogP contribution in [0.1, 0.15) is 37.7 Å². The van der Waals surface area contributed by atoms with Crippen molar-refractivity contribution in [1.82, 2.24) is 4.90 Å². The van der Waals surface area contributed by atoms with Gasteiger partial charge in [-0.1, -0.05) is 15.9 Å². The third-order valence-corrected chi connectivity index (χ3v) is 5.30. The molecule has 21 heavy (non-hydrogen) atoms. The smallest absolute Gasteiger partial charge is 0.303 e. The number of fused-ring (bicyclic) bond motifs is 2. The van der Waals surface area contributed by atoms with Crippen LogP contribution >= 0.6 is 15.9 Å². The highest BCUT2D eigenvalue weighted by Crippen LogP contribution is 2.41. The maximum atomic E-state index is 13.9. The van der Waals surface area contributed by atoms with Gasteiger partial charge in [-0.25, -0.2) is 4.39 Å². The van der Waals surface area contributed by atoms with E-state index in [-0.39, 0.29) is 18.2 Å². The second-order valence-electron chi connectivity index (χ2n) is 6.23. The predicted molar refractivity (Wildman–Crippen MR) is 81.4 cm³/mol. The molecular weight excluding hydrogens is 337 g/mol. The lowest BCUT2D eigenvalue weighted by Crippen LogP contribution is -2.42. The third kappa shape index (κ3) is 3.29. The van der Waals surface area contributed by atoms with Crippen molar-refractivity contribution in [2.75, 3.05) is 0 Å². The minimum atomic E-state index is -0.703. The van der Waals surface area contributed by atoms with Crippen molar-refractivity contribution in [3.05, 3.63) is 34.1 Å². The standard InChI is InChI=1S/C16H19BrFNO2/c17-12-1-4-15(18)11(8-12)9-19-13-2-3-14(19)6-10(5-13)7-16(20)21/h1,4,8,10,13-14H,2-3,5-7,9H2,(H,20,21). The summed E-state index contributed by atoms with van der Waals surface area (Å²) in [6.45, 7) is 0.625. The van der Waals surface area contributed by atoms with Crippen LogP contribution in [0.15, 0.2) is 22.7 Å². The topological polar surface area (TPSA) is 40.5 Å². The first-order valence-corrected chi connectivity index (χ1v) is 8.23. The number of nitrogens with zero attached hydrogens (tertiary/aromatic N) is 1. The molecule has 0 aromatic heterocycles. The molecule has 0 saturated carbocycles. The summed E-state index contributed by atoms with van der Waals surface area (Å²) in [5.41, 5.74) is 0.720. The maximum Gasteiger partial charge on any atom is 0.303 e. The van der Waals surface area contributed by atoms with Crippen molar-refractivity contribution in [2.45, 2.75) is 50.7 Å². The van der Waals surface area contributed by atoms with E-state index in [9.17, 15) is 9.18 Å². The molecular formula is C16H19BrFNO2. The lowest BCUT2D eigenvalue weighted by Gasteiger charge is -2.38. The van der Waals surface area contributed by atoms with Gasteiger partial charge < -0.3 is 5.11 Å². The molecule has 2 fully saturated rings. The number of hydrogen-bond donors (Lipinski definition) is 1. The average molecular weight is 356 g/mol. The quantitative estimate of drug-likeness (QED) is 0.892. The number of rotatable bonds is 4. The van der Waals surface area contributed by atoms with Crippen molar-refractivity contribution < 1.29 is 14.3 Å². The van der Waals surface area contributed by atoms with Crippen molar-refractivity contribution in [3.63, 3.8) is 0 Å². The highest BCUT2D eigenvalue weighted by Gasteiger charge is 2.41. The Hall–Kier alpha value is -0.940. The minimum absolute atomic E-state index is 0.162. The van der Waals surface area contributed by atoms with Crippen LogP contribution in [0.25, 0.3) is 0 Å². The van der Waals surface area contributed by atoms with Crippen LogP contribution < -0.4 is 0 Å². The van der Waals surface area contributed by atoms with Crippen molar-refractivity contribution in [2.24, 2.45) is 5.92 Å². The molecule has 0 aliphatic carbocycles. The van der Waals surface area contributed by atoms with Crippen LogP contribution in [0.5, 0.6) is 0 Å². The molecule has 1 aromatic carbocycles. The molecule has 114 valence electrons. The molecule has 2 aliphatic heterocycles. The summed E-state index contributed by atoms with van der Waals surface area (Å²) in [6, 6.07) is 5.88. The first-order valence-electron chi connectivity index (χ1n) is 7.44. The fraction of sp³-hybridized carbons (Fsp3) is 0.562. The second-order valence-corrected chi connectivity index (χ2v) is 7.14. The lowest BCUT2D eigenvalue weighted by molar-refractivity contribution is -0.138. The molecule has 0 radical (unpaired) electrons. The molecule has 3 nitrogen and oxygen atoms in total. The number of carboxylic acid groups (broad SMARTS) is 1. The molecule has 3 rings (SSSR count). The van der Waals surface area contributed by atoms with Crippen molar-refractivity contribution in [3.8, 4) is 0 Å². The largest absolute Gasteiger partial charge is 0.481 e. The summed E-state index contributed by atoms with van der Waals surface area (Å²) < 4.78 is 14.8. The van der Waals surface area contributed by atoms with Crippen molar-refractivity contribution >= 4 is 21.9 Å². The van der Waals surface area contributed by atoms with Gasteiger partial charge in [-0.05, 0) is 49.8 Å². The van der Waals surface area contributed by atoms with Crippen LogP contribution in [0.3, 0.4) is 0 Å². The fourth-order valence-electron chi connectivity index (χ4n) is 3.92. The third-order valence-electron chi connectivity index (χ3n) is 4.81. The summed E-state index contributed by atoms with van der Waals surface area (Å²) in [5, 5.41) is 8.96. The molecule has 2 bridgehead atoms. The summed E-state index contributed by atoms with van der Waals surface area (Å²) in [7, 11) is 0. The Bertz CT molecular complexity index is 537. The monoisotopic (exact) mass is 355 g/mol. The summed E-state index contributed by atoms with van der Waals surface area (Å²) in [6.07, 6.45) is 4.34. The van der Waals surface area contributed by atoms with Gasteiger partial charge in [-0.15, -0.1) is 0 Å². The van der Waals surface area contributed by atoms with Gasteiger partial charge in [-0.2, -0.15) is 0 Å². The van der Waals surface area contributed by atoms with Crippen LogP contribution in [-0.4, -0.2) is 28.1 Å². The Morgan fingerprint density at radius 3 is 2.62 bits per heavy atom. The summed E-state index contributed by atoms with van der Waals surface area (Å²) in [4.78, 5) is 13.3. The van der Waals surface area contributed by atoms with Crippen molar-refractivity contribution in [1.29, 1.82) is 0 Å². The molecule has 0 spiro atoms. The average Bonchev–Trinajstić information content (AvgIpc) is 2.65. The van der Waals surface area contributed by atoms with Gasteiger partial charge in [0, 0.05) is 35.1 Å². The number of benzene rings is 1. The predicted octanol–water partition coefficient (Wildman–Crippen LogP) is 3.81. The van der Waals surface area contributed by atoms with Gasteiger partial charge >= 0.3 is 5.97 Å². The first-order chi connectivity index (χ1) is 10.0. The van der Waals surface area contributed by atoms with Crippen LogP contribution in [-0.2, 0) is 11.3 Å². The maximum absolute atomic E-state index is 13.9. The molecule has 1 aromatic rings. The molecule has 2 atom stereocenters. The Balaban J connectivity index is 1.71. The molecule has 2 unspecified atom stereocenters. The number of aliphatic carboxylic acids is 1. The highest BCUT2D eigenvalue weighted by atomic mass is 79.9. The van der Waals surface area contributed by atoms with Gasteiger partial charge in [0.05, 0.1) is 0 Å². The van der Waals surface area contributed by atoms with E-state index in [1.54, 1.807) is 6.07 Å². The van der Waals surface area contributed by atoms with Gasteiger partial charge in [0.1, 0.15) is 5.82 Å². The molecule has 2 saturated heterocycles. The number of hydrogen-bond acceptors (Lipinski definition) is 2. The molecule has 5 heteroatoms. The number of piperidine rings is 1. The first kappa shape index (κ1) is 15.0. The van der Waals surface area contributed by atoms with E-state index in [0.717, 1.165) is 35.7 Å². The Morgan fingerprint density at radius 1 is 1.33 bits per heavy atom. The van der Waals surface area contributed by atoms with E-state index in [1.165, 1.54) is 6.07 Å². The van der Waals surface area contributed by atoms with Gasteiger partial charge in [0.2, 0.25) is 0 Å². The summed E-state index contributed by atoms with van der Waals surface area (Å²) in [5.74, 6) is -0.584. The van der Waals surface area contributed by atoms with Crippen LogP contribution in [0.4, 0.5) is 4.39 Å². The number of halogens is 2. The molecule has 2 heterocycles.